The molecule has 6 atom stereocenters. The van der Waals surface area contributed by atoms with E-state index in [0.29, 0.717) is 49.9 Å². The van der Waals surface area contributed by atoms with Gasteiger partial charge in [-0.2, -0.15) is 0 Å². The Morgan fingerprint density at radius 3 is 2.31 bits per heavy atom. The number of benzene rings is 1. The molecule has 0 radical (unpaired) electrons. The summed E-state index contributed by atoms with van der Waals surface area (Å²) >= 11 is 1.34. The molecule has 2 aromatic rings. The van der Waals surface area contributed by atoms with Crippen molar-refractivity contribution in [3.63, 3.8) is 0 Å². The first-order valence-corrected chi connectivity index (χ1v) is 21.3. The number of hydrogen-bond donors (Lipinski definition) is 4. The molecular formula is C43H57N5O6S. The highest BCUT2D eigenvalue weighted by Gasteiger charge is 2.65. The largest absolute Gasteiger partial charge is 0.376 e. The molecule has 55 heavy (non-hydrogen) atoms. The Hall–Kier alpha value is -3.87. The lowest BCUT2D eigenvalue weighted by molar-refractivity contribution is -0.196. The van der Waals surface area contributed by atoms with Gasteiger partial charge in [-0.1, -0.05) is 88.8 Å². The van der Waals surface area contributed by atoms with Crippen LogP contribution in [0.4, 0.5) is 0 Å². The molecule has 3 aliphatic carbocycles. The normalized spacial score (nSPS) is 25.4. The highest BCUT2D eigenvalue weighted by Crippen LogP contribution is 2.50. The zero-order valence-electron chi connectivity index (χ0n) is 32.2. The molecule has 11 nitrogen and oxygen atoms in total. The standard InChI is InChI=1S/C43H57N5O6S/c1-4-20-44-40(52)36(49)32(23-27-12-10-13-27)45-39(51)35-31(26(2)3)17-21-47(35)41(53)34(30-24-28-14-6-7-15-29(28)25-30)48-42(54)37(43(48)18-8-5-9-19-43)46-38(50)33-16-11-22-55-33/h4,6-7,11,14-16,22,26-27,30-32,34-35,37,41,53H,1,5,8-10,12-13,17-21,23-25H2,2-3H3,(H,44,52)(H,45,51)(H,46,50)/t31-,32?,34+,35+,37-,41?/m1/s1. The Labute approximate surface area is 328 Å². The average Bonchev–Trinajstić information content (AvgIpc) is 3.96. The molecule has 4 fully saturated rings. The van der Waals surface area contributed by atoms with Crippen molar-refractivity contribution in [3.05, 3.63) is 70.4 Å². The molecule has 1 aromatic heterocycles. The lowest BCUT2D eigenvalue weighted by atomic mass is 9.66. The number of amides is 4. The van der Waals surface area contributed by atoms with Gasteiger partial charge in [0, 0.05) is 13.1 Å². The number of β-lactam (4-membered cyclic amide) rings is 1. The first-order chi connectivity index (χ1) is 26.5. The molecule has 2 unspecified atom stereocenters. The van der Waals surface area contributed by atoms with Crippen molar-refractivity contribution in [1.82, 2.24) is 25.8 Å². The minimum Gasteiger partial charge on any atom is -0.376 e. The average molecular weight is 772 g/mol. The fourth-order valence-corrected chi connectivity index (χ4v) is 11.0. The van der Waals surface area contributed by atoms with Gasteiger partial charge in [0.1, 0.15) is 12.3 Å². The number of fused-ring (bicyclic) bond motifs is 1. The Morgan fingerprint density at radius 1 is 1.00 bits per heavy atom. The van der Waals surface area contributed by atoms with Crippen LogP contribution in [0, 0.1) is 23.7 Å². The van der Waals surface area contributed by atoms with Crippen LogP contribution in [0.15, 0.2) is 54.4 Å². The van der Waals surface area contributed by atoms with Crippen molar-refractivity contribution in [3.8, 4) is 0 Å². The number of likely N-dealkylation sites (tertiary alicyclic amines) is 2. The van der Waals surface area contributed by atoms with E-state index in [0.717, 1.165) is 38.5 Å². The van der Waals surface area contributed by atoms with E-state index in [1.54, 1.807) is 6.07 Å². The van der Waals surface area contributed by atoms with E-state index < -0.39 is 47.6 Å². The van der Waals surface area contributed by atoms with Crippen LogP contribution in [0.5, 0.6) is 0 Å². The fourth-order valence-electron chi connectivity index (χ4n) is 10.4. The molecule has 2 aliphatic heterocycles. The van der Waals surface area contributed by atoms with E-state index in [2.05, 4.69) is 48.5 Å². The topological polar surface area (TPSA) is 148 Å². The van der Waals surface area contributed by atoms with Gasteiger partial charge < -0.3 is 26.0 Å². The van der Waals surface area contributed by atoms with Crippen LogP contribution in [-0.4, -0.2) is 93.3 Å². The summed E-state index contributed by atoms with van der Waals surface area (Å²) in [6.07, 6.45) is 9.96. The van der Waals surface area contributed by atoms with Crippen molar-refractivity contribution in [1.29, 1.82) is 0 Å². The number of carbonyl (C=O) groups excluding carboxylic acids is 5. The van der Waals surface area contributed by atoms with Gasteiger partial charge in [-0.15, -0.1) is 17.9 Å². The molecular weight excluding hydrogens is 715 g/mol. The smallest absolute Gasteiger partial charge is 0.289 e. The van der Waals surface area contributed by atoms with E-state index in [1.807, 2.05) is 33.4 Å². The molecule has 4 amide bonds. The third-order valence-corrected chi connectivity index (χ3v) is 14.3. The second-order valence-electron chi connectivity index (χ2n) is 16.9. The minimum atomic E-state index is -1.19. The number of nitrogens with zero attached hydrogens (tertiary/aromatic N) is 2. The van der Waals surface area contributed by atoms with E-state index >= 15 is 0 Å². The van der Waals surface area contributed by atoms with E-state index in [1.165, 1.54) is 28.5 Å². The summed E-state index contributed by atoms with van der Waals surface area (Å²) in [7, 11) is 0. The third-order valence-electron chi connectivity index (χ3n) is 13.4. The highest BCUT2D eigenvalue weighted by molar-refractivity contribution is 7.12. The van der Waals surface area contributed by atoms with Gasteiger partial charge in [-0.3, -0.25) is 28.9 Å². The Bertz CT molecular complexity index is 1730. The summed E-state index contributed by atoms with van der Waals surface area (Å²) < 4.78 is 0. The first kappa shape index (κ1) is 39.4. The summed E-state index contributed by atoms with van der Waals surface area (Å²) in [4.78, 5) is 73.5. The summed E-state index contributed by atoms with van der Waals surface area (Å²) in [6.45, 7) is 8.36. The van der Waals surface area contributed by atoms with Crippen LogP contribution >= 0.6 is 11.3 Å². The molecule has 1 aromatic carbocycles. The zero-order chi connectivity index (χ0) is 38.9. The third kappa shape index (κ3) is 7.66. The first-order valence-electron chi connectivity index (χ1n) is 20.5. The second-order valence-corrected chi connectivity index (χ2v) is 17.9. The summed E-state index contributed by atoms with van der Waals surface area (Å²) in [5, 5.41) is 23.5. The molecule has 5 aliphatic rings. The molecule has 7 rings (SSSR count). The van der Waals surface area contributed by atoms with Crippen molar-refractivity contribution in [2.45, 2.75) is 127 Å². The highest BCUT2D eigenvalue weighted by atomic mass is 32.1. The summed E-state index contributed by atoms with van der Waals surface area (Å²) in [6, 6.07) is 8.75. The molecule has 0 bridgehead atoms. The molecule has 12 heteroatoms. The van der Waals surface area contributed by atoms with Crippen molar-refractivity contribution < 1.29 is 29.1 Å². The van der Waals surface area contributed by atoms with Crippen molar-refractivity contribution >= 4 is 40.7 Å². The van der Waals surface area contributed by atoms with Crippen LogP contribution in [0.3, 0.4) is 0 Å². The Morgan fingerprint density at radius 2 is 1.71 bits per heavy atom. The van der Waals surface area contributed by atoms with E-state index in [9.17, 15) is 29.1 Å². The number of nitrogens with one attached hydrogen (secondary N) is 3. The number of carbonyl (C=O) groups is 5. The van der Waals surface area contributed by atoms with Crippen molar-refractivity contribution in [2.24, 2.45) is 23.7 Å². The number of aliphatic hydroxyl groups is 1. The van der Waals surface area contributed by atoms with Crippen LogP contribution in [0.25, 0.3) is 0 Å². The summed E-state index contributed by atoms with van der Waals surface area (Å²) in [5.74, 6) is -2.15. The maximum Gasteiger partial charge on any atom is 0.289 e. The van der Waals surface area contributed by atoms with Gasteiger partial charge in [0.05, 0.1) is 28.5 Å². The second kappa shape index (κ2) is 16.7. The van der Waals surface area contributed by atoms with E-state index in [4.69, 9.17) is 0 Å². The lowest BCUT2D eigenvalue weighted by Crippen LogP contribution is -2.83. The number of rotatable bonds is 15. The summed E-state index contributed by atoms with van der Waals surface area (Å²) in [5.41, 5.74) is 1.73. The van der Waals surface area contributed by atoms with Gasteiger partial charge >= 0.3 is 0 Å². The zero-order valence-corrected chi connectivity index (χ0v) is 33.0. The maximum absolute atomic E-state index is 14.6. The monoisotopic (exact) mass is 771 g/mol. The van der Waals surface area contributed by atoms with Crippen LogP contribution in [-0.2, 0) is 32.0 Å². The minimum absolute atomic E-state index is 0.0889. The number of Topliss-reactive ketones (excluding diaryl/α,β-unsaturated/α-hetero) is 1. The van der Waals surface area contributed by atoms with Gasteiger partial charge in [-0.05, 0) is 84.8 Å². The van der Waals surface area contributed by atoms with Crippen LogP contribution < -0.4 is 16.0 Å². The molecule has 3 heterocycles. The quantitative estimate of drug-likeness (QED) is 0.119. The Balaban J connectivity index is 1.21. The van der Waals surface area contributed by atoms with Crippen LogP contribution in [0.2, 0.25) is 0 Å². The Kier molecular flexibility index (Phi) is 12.0. The molecule has 296 valence electrons. The van der Waals surface area contributed by atoms with Gasteiger partial charge in [0.25, 0.3) is 11.8 Å². The number of thiophene rings is 1. The molecule has 2 saturated heterocycles. The van der Waals surface area contributed by atoms with Gasteiger partial charge in [0.15, 0.2) is 0 Å². The maximum atomic E-state index is 14.6. The number of hydrogen-bond acceptors (Lipinski definition) is 8. The SMILES string of the molecule is C=CCNC(=O)C(=O)C(CC1CCC1)NC(=O)[C@@H]1[C@@H](C(C)C)CCN1C(O)[C@H](C1Cc2ccccc2C1)N1C(=O)[C@@H](NC(=O)c2cccs2)C12CCCCC2. The number of aliphatic hydroxyl groups excluding tert-OH is 1. The molecule has 2 saturated carbocycles. The van der Waals surface area contributed by atoms with E-state index in [-0.39, 0.29) is 47.9 Å². The molecule has 1 spiro atoms. The molecule has 4 N–H and O–H groups in total. The van der Waals surface area contributed by atoms with Gasteiger partial charge in [-0.25, -0.2) is 0 Å². The van der Waals surface area contributed by atoms with Crippen LogP contribution in [0.1, 0.15) is 98.9 Å². The van der Waals surface area contributed by atoms with Gasteiger partial charge in [0.2, 0.25) is 17.6 Å². The predicted molar refractivity (Wildman–Crippen MR) is 211 cm³/mol. The van der Waals surface area contributed by atoms with Crippen molar-refractivity contribution in [2.75, 3.05) is 13.1 Å². The fraction of sp³-hybridized carbons (Fsp3) is 0.605. The predicted octanol–water partition coefficient (Wildman–Crippen LogP) is 4.39. The number of ketones is 1. The lowest BCUT2D eigenvalue weighted by Gasteiger charge is -2.63.